The molecule has 1 aromatic heterocycles. The Labute approximate surface area is 195 Å². The smallest absolute Gasteiger partial charge is 0.230 e. The quantitative estimate of drug-likeness (QED) is 0.427. The maximum absolute atomic E-state index is 14.7. The summed E-state index contributed by atoms with van der Waals surface area (Å²) in [5, 5.41) is 20.5. The molecule has 0 saturated carbocycles. The average molecular weight is 474 g/mol. The third-order valence-electron chi connectivity index (χ3n) is 5.12. The lowest BCUT2D eigenvalue weighted by Gasteiger charge is -2.35. The van der Waals surface area contributed by atoms with Crippen molar-refractivity contribution in [2.75, 3.05) is 11.6 Å². The first-order chi connectivity index (χ1) is 15.4. The monoisotopic (exact) mass is 473 g/mol. The predicted molar refractivity (Wildman–Crippen MR) is 128 cm³/mol. The first-order valence-electron chi connectivity index (χ1n) is 10.5. The summed E-state index contributed by atoms with van der Waals surface area (Å²) in [6.45, 7) is 6.94. The third-order valence-corrected chi connectivity index (χ3v) is 7.38. The van der Waals surface area contributed by atoms with Crippen LogP contribution in [-0.4, -0.2) is 27.8 Å². The second kappa shape index (κ2) is 9.64. The number of benzene rings is 2. The van der Waals surface area contributed by atoms with Crippen LogP contribution in [0, 0.1) is 18.6 Å². The number of aromatic nitrogens is 2. The van der Waals surface area contributed by atoms with Crippen LogP contribution in [-0.2, 0) is 4.87 Å². The Hall–Kier alpha value is -2.36. The molecule has 0 spiro atoms. The molecule has 0 amide bonds. The summed E-state index contributed by atoms with van der Waals surface area (Å²) in [5.41, 5.74) is 1.18. The Bertz CT molecular complexity index is 1100. The zero-order chi connectivity index (χ0) is 22.7. The van der Waals surface area contributed by atoms with Gasteiger partial charge in [0.2, 0.25) is 5.13 Å². The van der Waals surface area contributed by atoms with Gasteiger partial charge in [-0.2, -0.15) is 5.10 Å². The summed E-state index contributed by atoms with van der Waals surface area (Å²) in [5.74, 6) is -1.00. The third kappa shape index (κ3) is 4.69. The molecule has 1 aliphatic heterocycles. The zero-order valence-corrected chi connectivity index (χ0v) is 19.8. The fourth-order valence-electron chi connectivity index (χ4n) is 3.63. The van der Waals surface area contributed by atoms with Crippen LogP contribution in [0.2, 0.25) is 0 Å². The van der Waals surface area contributed by atoms with Crippen LogP contribution in [0.5, 0.6) is 0 Å². The van der Waals surface area contributed by atoms with Crippen molar-refractivity contribution in [2.24, 2.45) is 5.10 Å². The van der Waals surface area contributed by atoms with Gasteiger partial charge in [-0.05, 0) is 50.1 Å². The van der Waals surface area contributed by atoms with Gasteiger partial charge in [-0.15, -0.1) is 10.2 Å². The van der Waals surface area contributed by atoms with Crippen molar-refractivity contribution in [1.29, 1.82) is 0 Å². The lowest BCUT2D eigenvalue weighted by molar-refractivity contribution is 0.486. The normalized spacial score (nSPS) is 18.4. The molecule has 3 aromatic rings. The number of thioether (sulfide) groups is 1. The summed E-state index contributed by atoms with van der Waals surface area (Å²) in [6, 6.07) is 13.9. The highest BCUT2D eigenvalue weighted by molar-refractivity contribution is 8.15. The molecule has 2 heterocycles. The minimum absolute atomic E-state index is 0.152. The van der Waals surface area contributed by atoms with Crippen molar-refractivity contribution < 1.29 is 8.78 Å². The van der Waals surface area contributed by atoms with Gasteiger partial charge in [-0.25, -0.2) is 13.8 Å². The largest absolute Gasteiger partial charge is 0.315 e. The first kappa shape index (κ1) is 22.8. The molecule has 32 heavy (non-hydrogen) atoms. The SMILES string of the molecule is Cc1nnc(N2N=C(c3cc(F)ccc3F)SC2(CCCNC(C)C)c2ccccc2)s1. The molecule has 168 valence electrons. The summed E-state index contributed by atoms with van der Waals surface area (Å²) in [4.78, 5) is -0.653. The Morgan fingerprint density at radius 1 is 1.09 bits per heavy atom. The van der Waals surface area contributed by atoms with Crippen molar-refractivity contribution in [3.63, 3.8) is 0 Å². The van der Waals surface area contributed by atoms with Crippen molar-refractivity contribution in [2.45, 2.75) is 44.5 Å². The topological polar surface area (TPSA) is 53.4 Å². The number of rotatable bonds is 8. The van der Waals surface area contributed by atoms with E-state index in [2.05, 4.69) is 29.4 Å². The van der Waals surface area contributed by atoms with E-state index in [1.54, 1.807) is 0 Å². The number of nitrogens with one attached hydrogen (secondary N) is 1. The highest BCUT2D eigenvalue weighted by atomic mass is 32.2. The molecule has 4 rings (SSSR count). The maximum Gasteiger partial charge on any atom is 0.230 e. The zero-order valence-electron chi connectivity index (χ0n) is 18.2. The highest BCUT2D eigenvalue weighted by Gasteiger charge is 2.47. The minimum Gasteiger partial charge on any atom is -0.315 e. The molecular weight excluding hydrogens is 448 g/mol. The molecule has 2 aromatic carbocycles. The molecule has 1 N–H and O–H groups in total. The van der Waals surface area contributed by atoms with E-state index in [0.717, 1.165) is 42.1 Å². The molecule has 9 heteroatoms. The fraction of sp³-hybridized carbons (Fsp3) is 0.348. The van der Waals surface area contributed by atoms with Crippen LogP contribution in [0.15, 0.2) is 53.6 Å². The van der Waals surface area contributed by atoms with Gasteiger partial charge in [0.15, 0.2) is 0 Å². The number of hydrogen-bond acceptors (Lipinski definition) is 7. The minimum atomic E-state index is -0.653. The molecule has 0 saturated heterocycles. The van der Waals surface area contributed by atoms with Crippen molar-refractivity contribution >= 4 is 33.3 Å². The molecule has 0 aliphatic carbocycles. The van der Waals surface area contributed by atoms with Crippen LogP contribution < -0.4 is 10.3 Å². The average Bonchev–Trinajstić information content (AvgIpc) is 3.38. The lowest BCUT2D eigenvalue weighted by Crippen LogP contribution is -2.38. The maximum atomic E-state index is 14.7. The van der Waals surface area contributed by atoms with Gasteiger partial charge in [0, 0.05) is 11.6 Å². The van der Waals surface area contributed by atoms with Crippen LogP contribution in [0.3, 0.4) is 0 Å². The number of halogens is 2. The van der Waals surface area contributed by atoms with E-state index in [-0.39, 0.29) is 5.56 Å². The summed E-state index contributed by atoms with van der Waals surface area (Å²) < 4.78 is 28.7. The van der Waals surface area contributed by atoms with Crippen molar-refractivity contribution in [3.8, 4) is 0 Å². The van der Waals surface area contributed by atoms with Crippen LogP contribution in [0.25, 0.3) is 0 Å². The Morgan fingerprint density at radius 2 is 1.88 bits per heavy atom. The number of hydrogen-bond donors (Lipinski definition) is 1. The summed E-state index contributed by atoms with van der Waals surface area (Å²) in [6.07, 6.45) is 1.59. The molecule has 0 radical (unpaired) electrons. The second-order valence-corrected chi connectivity index (χ2v) is 10.3. The first-order valence-corrected chi connectivity index (χ1v) is 12.1. The van der Waals surface area contributed by atoms with E-state index in [4.69, 9.17) is 5.10 Å². The Morgan fingerprint density at radius 3 is 2.56 bits per heavy atom. The predicted octanol–water partition coefficient (Wildman–Crippen LogP) is 5.67. The molecule has 5 nitrogen and oxygen atoms in total. The number of nitrogens with zero attached hydrogens (tertiary/aromatic N) is 4. The van der Waals surface area contributed by atoms with E-state index in [1.165, 1.54) is 29.2 Å². The van der Waals surface area contributed by atoms with E-state index in [9.17, 15) is 8.78 Å². The summed E-state index contributed by atoms with van der Waals surface area (Å²) >= 11 is 2.87. The van der Waals surface area contributed by atoms with Gasteiger partial charge in [-0.1, -0.05) is 67.3 Å². The molecule has 0 fully saturated rings. The van der Waals surface area contributed by atoms with Gasteiger partial charge < -0.3 is 5.32 Å². The van der Waals surface area contributed by atoms with Gasteiger partial charge >= 0.3 is 0 Å². The molecule has 1 atom stereocenters. The van der Waals surface area contributed by atoms with Gasteiger partial charge in [0.25, 0.3) is 0 Å². The molecular formula is C23H25F2N5S2. The van der Waals surface area contributed by atoms with Crippen LogP contribution in [0.4, 0.5) is 13.9 Å². The number of hydrazone groups is 1. The molecule has 0 bridgehead atoms. The van der Waals surface area contributed by atoms with Gasteiger partial charge in [0.05, 0.1) is 0 Å². The number of anilines is 1. The molecule has 1 aliphatic rings. The second-order valence-electron chi connectivity index (χ2n) is 7.91. The van der Waals surface area contributed by atoms with E-state index < -0.39 is 16.5 Å². The fourth-order valence-corrected chi connectivity index (χ4v) is 5.83. The van der Waals surface area contributed by atoms with Gasteiger partial charge in [-0.3, -0.25) is 0 Å². The highest BCUT2D eigenvalue weighted by Crippen LogP contribution is 2.52. The van der Waals surface area contributed by atoms with Crippen LogP contribution >= 0.6 is 23.1 Å². The van der Waals surface area contributed by atoms with E-state index in [1.807, 2.05) is 42.3 Å². The van der Waals surface area contributed by atoms with Gasteiger partial charge in [0.1, 0.15) is 26.6 Å². The Balaban J connectivity index is 1.79. The standard InChI is InChI=1S/C23H25F2N5S2/c1-15(2)26-13-7-12-23(17-8-5-4-6-9-17)30(22-28-27-16(3)31-22)29-21(32-23)19-14-18(24)10-11-20(19)25/h4-6,8-11,14-15,26H,7,12-13H2,1-3H3. The number of aryl methyl sites for hydroxylation is 1. The van der Waals surface area contributed by atoms with E-state index >= 15 is 0 Å². The Kier molecular flexibility index (Phi) is 6.88. The van der Waals surface area contributed by atoms with E-state index in [0.29, 0.717) is 16.2 Å². The molecule has 1 unspecified atom stereocenters. The van der Waals surface area contributed by atoms with Crippen LogP contribution in [0.1, 0.15) is 42.8 Å². The van der Waals surface area contributed by atoms with Crippen molar-refractivity contribution in [3.05, 3.63) is 76.3 Å². The summed E-state index contributed by atoms with van der Waals surface area (Å²) in [7, 11) is 0. The lowest BCUT2D eigenvalue weighted by atomic mass is 10.0. The van der Waals surface area contributed by atoms with Crippen molar-refractivity contribution in [1.82, 2.24) is 15.5 Å².